The number of sulfonamides is 1. The maximum atomic E-state index is 12.4. The predicted octanol–water partition coefficient (Wildman–Crippen LogP) is 2.22. The Morgan fingerprint density at radius 3 is 2.33 bits per heavy atom. The van der Waals surface area contributed by atoms with Crippen LogP contribution < -0.4 is 10.0 Å². The lowest BCUT2D eigenvalue weighted by Gasteiger charge is -2.26. The standard InChI is InChI=1S/C15H19ClN2O5S/c1-9(19)17-14-7-6-12(8-13(14)16)24(22,23)18-11-4-2-10(3-5-11)15(20)21/h6-8,10-11,18H,2-5H2,1H3,(H,17,19)(H,20,21). The zero-order valence-corrected chi connectivity index (χ0v) is 14.7. The molecule has 1 aromatic carbocycles. The van der Waals surface area contributed by atoms with Gasteiger partial charge >= 0.3 is 5.97 Å². The normalized spacial score (nSPS) is 21.2. The molecule has 0 radical (unpaired) electrons. The maximum absolute atomic E-state index is 12.4. The lowest BCUT2D eigenvalue weighted by molar-refractivity contribution is -0.142. The van der Waals surface area contributed by atoms with Crippen molar-refractivity contribution in [1.82, 2.24) is 4.72 Å². The van der Waals surface area contributed by atoms with E-state index >= 15 is 0 Å². The van der Waals surface area contributed by atoms with Crippen LogP contribution in [-0.2, 0) is 19.6 Å². The second-order valence-electron chi connectivity index (χ2n) is 5.83. The molecular weight excluding hydrogens is 356 g/mol. The number of rotatable bonds is 5. The smallest absolute Gasteiger partial charge is 0.306 e. The molecule has 0 heterocycles. The van der Waals surface area contributed by atoms with Crippen molar-refractivity contribution in [3.63, 3.8) is 0 Å². The van der Waals surface area contributed by atoms with Gasteiger partial charge in [-0.25, -0.2) is 13.1 Å². The molecule has 0 aliphatic heterocycles. The van der Waals surface area contributed by atoms with E-state index in [1.165, 1.54) is 25.1 Å². The molecule has 1 saturated carbocycles. The third-order valence-electron chi connectivity index (χ3n) is 3.96. The quantitative estimate of drug-likeness (QED) is 0.731. The monoisotopic (exact) mass is 374 g/mol. The number of halogens is 1. The topological polar surface area (TPSA) is 113 Å². The number of carboxylic acids is 1. The fourth-order valence-electron chi connectivity index (χ4n) is 2.70. The summed E-state index contributed by atoms with van der Waals surface area (Å²) in [6.07, 6.45) is 1.86. The highest BCUT2D eigenvalue weighted by Gasteiger charge is 2.29. The Morgan fingerprint density at radius 1 is 1.21 bits per heavy atom. The summed E-state index contributed by atoms with van der Waals surface area (Å²) in [5.74, 6) is -1.55. The summed E-state index contributed by atoms with van der Waals surface area (Å²) < 4.78 is 27.4. The number of anilines is 1. The summed E-state index contributed by atoms with van der Waals surface area (Å²) in [6, 6.07) is 3.78. The highest BCUT2D eigenvalue weighted by atomic mass is 35.5. The number of carbonyl (C=O) groups excluding carboxylic acids is 1. The van der Waals surface area contributed by atoms with Crippen LogP contribution in [0.25, 0.3) is 0 Å². The van der Waals surface area contributed by atoms with E-state index in [-0.39, 0.29) is 21.9 Å². The molecule has 0 spiro atoms. The molecule has 0 bridgehead atoms. The van der Waals surface area contributed by atoms with E-state index < -0.39 is 21.9 Å². The molecule has 0 atom stereocenters. The van der Waals surface area contributed by atoms with Gasteiger partial charge in [0.05, 0.1) is 21.5 Å². The number of hydrogen-bond acceptors (Lipinski definition) is 4. The van der Waals surface area contributed by atoms with Gasteiger partial charge in [0.25, 0.3) is 0 Å². The van der Waals surface area contributed by atoms with Crippen LogP contribution >= 0.6 is 11.6 Å². The van der Waals surface area contributed by atoms with E-state index in [9.17, 15) is 18.0 Å². The van der Waals surface area contributed by atoms with Crippen molar-refractivity contribution < 1.29 is 23.1 Å². The van der Waals surface area contributed by atoms with Crippen LogP contribution in [0.2, 0.25) is 5.02 Å². The van der Waals surface area contributed by atoms with Gasteiger partial charge in [-0.3, -0.25) is 9.59 Å². The molecule has 2 rings (SSSR count). The first-order chi connectivity index (χ1) is 11.2. The zero-order valence-electron chi connectivity index (χ0n) is 13.1. The first-order valence-corrected chi connectivity index (χ1v) is 9.37. The molecule has 0 aromatic heterocycles. The summed E-state index contributed by atoms with van der Waals surface area (Å²) >= 11 is 6.00. The van der Waals surface area contributed by atoms with Gasteiger partial charge < -0.3 is 10.4 Å². The van der Waals surface area contributed by atoms with Gasteiger partial charge in [0.15, 0.2) is 0 Å². The summed E-state index contributed by atoms with van der Waals surface area (Å²) in [5, 5.41) is 11.6. The van der Waals surface area contributed by atoms with Crippen LogP contribution in [0.3, 0.4) is 0 Å². The Kier molecular flexibility index (Phi) is 5.84. The average Bonchev–Trinajstić information content (AvgIpc) is 2.49. The second kappa shape index (κ2) is 7.50. The van der Waals surface area contributed by atoms with Crippen LogP contribution in [0.5, 0.6) is 0 Å². The van der Waals surface area contributed by atoms with Gasteiger partial charge in [0.1, 0.15) is 0 Å². The molecule has 132 valence electrons. The number of aliphatic carboxylic acids is 1. The number of nitrogens with one attached hydrogen (secondary N) is 2. The van der Waals surface area contributed by atoms with E-state index in [2.05, 4.69) is 10.0 Å². The van der Waals surface area contributed by atoms with Gasteiger partial charge in [-0.15, -0.1) is 0 Å². The third kappa shape index (κ3) is 4.68. The highest BCUT2D eigenvalue weighted by molar-refractivity contribution is 7.89. The molecule has 1 aromatic rings. The van der Waals surface area contributed by atoms with Crippen molar-refractivity contribution in [1.29, 1.82) is 0 Å². The SMILES string of the molecule is CC(=O)Nc1ccc(S(=O)(=O)NC2CCC(C(=O)O)CC2)cc1Cl. The van der Waals surface area contributed by atoms with Crippen molar-refractivity contribution in [2.24, 2.45) is 5.92 Å². The Labute approximate surface area is 145 Å². The first kappa shape index (κ1) is 18.7. The first-order valence-electron chi connectivity index (χ1n) is 7.51. The van der Waals surface area contributed by atoms with E-state index in [1.54, 1.807) is 0 Å². The van der Waals surface area contributed by atoms with Crippen LogP contribution in [-0.4, -0.2) is 31.4 Å². The molecule has 9 heteroatoms. The van der Waals surface area contributed by atoms with Gasteiger partial charge in [0.2, 0.25) is 15.9 Å². The highest BCUT2D eigenvalue weighted by Crippen LogP contribution is 2.28. The van der Waals surface area contributed by atoms with E-state index in [0.717, 1.165) is 0 Å². The largest absolute Gasteiger partial charge is 0.481 e. The maximum Gasteiger partial charge on any atom is 0.306 e. The van der Waals surface area contributed by atoms with Crippen LogP contribution in [0, 0.1) is 5.92 Å². The molecule has 1 fully saturated rings. The zero-order chi connectivity index (χ0) is 17.9. The van der Waals surface area contributed by atoms with Crippen LogP contribution in [0.15, 0.2) is 23.1 Å². The molecular formula is C15H19ClN2O5S. The fraction of sp³-hybridized carbons (Fsp3) is 0.467. The van der Waals surface area contributed by atoms with Crippen LogP contribution in [0.1, 0.15) is 32.6 Å². The summed E-state index contributed by atoms with van der Waals surface area (Å²) in [6.45, 7) is 1.33. The minimum Gasteiger partial charge on any atom is -0.481 e. The fourth-order valence-corrected chi connectivity index (χ4v) is 4.32. The third-order valence-corrected chi connectivity index (χ3v) is 5.79. The molecule has 3 N–H and O–H groups in total. The number of amides is 1. The van der Waals surface area contributed by atoms with Gasteiger partial charge in [-0.05, 0) is 43.9 Å². The molecule has 1 aliphatic rings. The Hall–Kier alpha value is -1.64. The minimum atomic E-state index is -3.76. The molecule has 24 heavy (non-hydrogen) atoms. The summed E-state index contributed by atoms with van der Waals surface area (Å²) in [5.41, 5.74) is 0.338. The predicted molar refractivity (Wildman–Crippen MR) is 89.5 cm³/mol. The number of benzene rings is 1. The van der Waals surface area contributed by atoms with Crippen molar-refractivity contribution in [2.75, 3.05) is 5.32 Å². The van der Waals surface area contributed by atoms with E-state index in [4.69, 9.17) is 16.7 Å². The Bertz CT molecular complexity index is 742. The molecule has 7 nitrogen and oxygen atoms in total. The van der Waals surface area contributed by atoms with E-state index in [0.29, 0.717) is 31.4 Å². The Balaban J connectivity index is 2.07. The van der Waals surface area contributed by atoms with E-state index in [1.807, 2.05) is 0 Å². The average molecular weight is 375 g/mol. The van der Waals surface area contributed by atoms with Crippen molar-refractivity contribution in [3.8, 4) is 0 Å². The summed E-state index contributed by atoms with van der Waals surface area (Å²) in [7, 11) is -3.76. The molecule has 0 saturated heterocycles. The second-order valence-corrected chi connectivity index (χ2v) is 7.95. The number of carbonyl (C=O) groups is 2. The van der Waals surface area contributed by atoms with Crippen molar-refractivity contribution in [3.05, 3.63) is 23.2 Å². The van der Waals surface area contributed by atoms with Crippen molar-refractivity contribution in [2.45, 2.75) is 43.5 Å². The molecule has 1 aliphatic carbocycles. The van der Waals surface area contributed by atoms with Gasteiger partial charge in [0, 0.05) is 13.0 Å². The lowest BCUT2D eigenvalue weighted by atomic mass is 9.87. The van der Waals surface area contributed by atoms with Crippen molar-refractivity contribution >= 4 is 39.2 Å². The molecule has 1 amide bonds. The number of carboxylic acid groups (broad SMARTS) is 1. The van der Waals surface area contributed by atoms with Gasteiger partial charge in [-0.2, -0.15) is 0 Å². The van der Waals surface area contributed by atoms with Crippen LogP contribution in [0.4, 0.5) is 5.69 Å². The van der Waals surface area contributed by atoms with Gasteiger partial charge in [-0.1, -0.05) is 11.6 Å². The summed E-state index contributed by atoms with van der Waals surface area (Å²) in [4.78, 5) is 22.0. The number of hydrogen-bond donors (Lipinski definition) is 3. The lowest BCUT2D eigenvalue weighted by Crippen LogP contribution is -2.38. The minimum absolute atomic E-state index is 0.00181. The molecule has 0 unspecified atom stereocenters. The Morgan fingerprint density at radius 2 is 1.83 bits per heavy atom.